The Morgan fingerprint density at radius 2 is 2.32 bits per heavy atom. The number of amides is 1. The summed E-state index contributed by atoms with van der Waals surface area (Å²) >= 11 is 0. The number of aromatic nitrogens is 1. The number of pyridine rings is 1. The average Bonchev–Trinajstić information content (AvgIpc) is 2.80. The number of hydrogen-bond donors (Lipinski definition) is 2. The second-order valence-electron chi connectivity index (χ2n) is 5.78. The van der Waals surface area contributed by atoms with Crippen molar-refractivity contribution in [2.45, 2.75) is 38.7 Å². The smallest absolute Gasteiger partial charge is 0.412 e. The van der Waals surface area contributed by atoms with Crippen LogP contribution in [0.3, 0.4) is 0 Å². The van der Waals surface area contributed by atoms with Crippen molar-refractivity contribution in [1.82, 2.24) is 10.3 Å². The molecule has 1 aromatic rings. The Morgan fingerprint density at radius 1 is 1.53 bits per heavy atom. The van der Waals surface area contributed by atoms with Crippen molar-refractivity contribution in [3.8, 4) is 0 Å². The summed E-state index contributed by atoms with van der Waals surface area (Å²) in [4.78, 5) is 15.9. The first kappa shape index (κ1) is 13.8. The zero-order valence-corrected chi connectivity index (χ0v) is 11.7. The van der Waals surface area contributed by atoms with E-state index < -0.39 is 11.7 Å². The maximum absolute atomic E-state index is 11.8. The predicted octanol–water partition coefficient (Wildman–Crippen LogP) is 2.51. The van der Waals surface area contributed by atoms with Crippen LogP contribution >= 0.6 is 0 Å². The zero-order valence-electron chi connectivity index (χ0n) is 11.7. The van der Waals surface area contributed by atoms with Crippen LogP contribution in [0.4, 0.5) is 10.5 Å². The van der Waals surface area contributed by atoms with Gasteiger partial charge in [0, 0.05) is 12.7 Å². The van der Waals surface area contributed by atoms with Crippen molar-refractivity contribution in [3.05, 3.63) is 24.0 Å². The minimum Gasteiger partial charge on any atom is -0.444 e. The fourth-order valence-corrected chi connectivity index (χ4v) is 2.20. The van der Waals surface area contributed by atoms with E-state index in [0.717, 1.165) is 30.8 Å². The normalized spacial score (nSPS) is 19.2. The van der Waals surface area contributed by atoms with Gasteiger partial charge in [-0.1, -0.05) is 0 Å². The average molecular weight is 263 g/mol. The van der Waals surface area contributed by atoms with Gasteiger partial charge < -0.3 is 10.1 Å². The highest BCUT2D eigenvalue weighted by atomic mass is 16.6. The molecule has 0 radical (unpaired) electrons. The molecule has 1 aliphatic rings. The second kappa shape index (κ2) is 5.57. The first-order valence-corrected chi connectivity index (χ1v) is 6.60. The predicted molar refractivity (Wildman–Crippen MR) is 74.3 cm³/mol. The Labute approximate surface area is 113 Å². The summed E-state index contributed by atoms with van der Waals surface area (Å²) in [6.45, 7) is 7.48. The van der Waals surface area contributed by atoms with Crippen molar-refractivity contribution < 1.29 is 9.53 Å². The van der Waals surface area contributed by atoms with Crippen molar-refractivity contribution in [2.75, 3.05) is 18.4 Å². The maximum Gasteiger partial charge on any atom is 0.412 e. The van der Waals surface area contributed by atoms with Crippen molar-refractivity contribution in [1.29, 1.82) is 0 Å². The van der Waals surface area contributed by atoms with Crippen LogP contribution in [0.25, 0.3) is 0 Å². The van der Waals surface area contributed by atoms with Crippen LogP contribution in [0.5, 0.6) is 0 Å². The van der Waals surface area contributed by atoms with Gasteiger partial charge in [-0.2, -0.15) is 0 Å². The third-order valence-corrected chi connectivity index (χ3v) is 2.99. The van der Waals surface area contributed by atoms with Crippen LogP contribution in [0.15, 0.2) is 18.5 Å². The van der Waals surface area contributed by atoms with Crippen molar-refractivity contribution >= 4 is 11.8 Å². The first-order chi connectivity index (χ1) is 8.96. The van der Waals surface area contributed by atoms with Crippen LogP contribution in [0.1, 0.15) is 38.7 Å². The van der Waals surface area contributed by atoms with Gasteiger partial charge >= 0.3 is 6.09 Å². The van der Waals surface area contributed by atoms with E-state index in [4.69, 9.17) is 4.74 Å². The highest BCUT2D eigenvalue weighted by molar-refractivity contribution is 5.85. The van der Waals surface area contributed by atoms with E-state index in [1.807, 2.05) is 26.8 Å². The molecule has 2 N–H and O–H groups in total. The Morgan fingerprint density at radius 3 is 2.95 bits per heavy atom. The Bertz CT molecular complexity index is 448. The molecule has 1 fully saturated rings. The lowest BCUT2D eigenvalue weighted by atomic mass is 9.98. The minimum absolute atomic E-state index is 0.424. The van der Waals surface area contributed by atoms with E-state index in [2.05, 4.69) is 15.6 Å². The summed E-state index contributed by atoms with van der Waals surface area (Å²) in [6, 6.07) is 1.96. The third kappa shape index (κ3) is 3.92. The van der Waals surface area contributed by atoms with Crippen LogP contribution in [0.2, 0.25) is 0 Å². The van der Waals surface area contributed by atoms with E-state index in [1.54, 1.807) is 12.4 Å². The van der Waals surface area contributed by atoms with E-state index >= 15 is 0 Å². The molecule has 1 amide bonds. The van der Waals surface area contributed by atoms with Gasteiger partial charge in [0.25, 0.3) is 0 Å². The number of nitrogens with one attached hydrogen (secondary N) is 2. The van der Waals surface area contributed by atoms with Crippen LogP contribution in [-0.2, 0) is 4.74 Å². The number of rotatable bonds is 2. The largest absolute Gasteiger partial charge is 0.444 e. The first-order valence-electron chi connectivity index (χ1n) is 6.60. The maximum atomic E-state index is 11.8. The Balaban J connectivity index is 2.09. The summed E-state index contributed by atoms with van der Waals surface area (Å²) in [5.41, 5.74) is 1.36. The van der Waals surface area contributed by atoms with Gasteiger partial charge in [0.1, 0.15) is 5.60 Å². The molecule has 2 heterocycles. The summed E-state index contributed by atoms with van der Waals surface area (Å²) < 4.78 is 5.27. The van der Waals surface area contributed by atoms with Crippen LogP contribution in [-0.4, -0.2) is 29.8 Å². The quantitative estimate of drug-likeness (QED) is 0.860. The molecule has 1 aliphatic heterocycles. The van der Waals surface area contributed by atoms with Gasteiger partial charge in [-0.15, -0.1) is 0 Å². The molecule has 19 heavy (non-hydrogen) atoms. The second-order valence-corrected chi connectivity index (χ2v) is 5.78. The molecule has 0 spiro atoms. The molecular weight excluding hydrogens is 242 g/mol. The topological polar surface area (TPSA) is 63.2 Å². The van der Waals surface area contributed by atoms with Gasteiger partial charge in [-0.25, -0.2) is 4.79 Å². The summed E-state index contributed by atoms with van der Waals surface area (Å²) in [6.07, 6.45) is 4.08. The number of carbonyl (C=O) groups is 1. The lowest BCUT2D eigenvalue weighted by molar-refractivity contribution is 0.0635. The summed E-state index contributed by atoms with van der Waals surface area (Å²) in [7, 11) is 0. The van der Waals surface area contributed by atoms with Crippen molar-refractivity contribution in [2.24, 2.45) is 0 Å². The summed E-state index contributed by atoms with van der Waals surface area (Å²) in [5, 5.41) is 6.12. The Kier molecular flexibility index (Phi) is 4.04. The molecule has 0 aromatic carbocycles. The third-order valence-electron chi connectivity index (χ3n) is 2.99. The molecule has 104 valence electrons. The lowest BCUT2D eigenvalue weighted by Gasteiger charge is -2.21. The SMILES string of the molecule is CC(C)(C)OC(=O)Nc1cnccc1C1CCNC1. The van der Waals surface area contributed by atoms with Gasteiger partial charge in [-0.3, -0.25) is 10.3 Å². The van der Waals surface area contributed by atoms with Gasteiger partial charge in [0.15, 0.2) is 0 Å². The van der Waals surface area contributed by atoms with Crippen LogP contribution < -0.4 is 10.6 Å². The highest BCUT2D eigenvalue weighted by Gasteiger charge is 2.22. The lowest BCUT2D eigenvalue weighted by Crippen LogP contribution is -2.27. The molecule has 5 nitrogen and oxygen atoms in total. The molecule has 1 atom stereocenters. The molecule has 1 saturated heterocycles. The molecule has 1 aromatic heterocycles. The van der Waals surface area contributed by atoms with E-state index in [9.17, 15) is 4.79 Å². The molecule has 1 unspecified atom stereocenters. The number of carbonyl (C=O) groups excluding carboxylic acids is 1. The highest BCUT2D eigenvalue weighted by Crippen LogP contribution is 2.28. The number of nitrogens with zero attached hydrogens (tertiary/aromatic N) is 1. The van der Waals surface area contributed by atoms with Crippen LogP contribution in [0, 0.1) is 0 Å². The zero-order chi connectivity index (χ0) is 13.9. The number of anilines is 1. The fraction of sp³-hybridized carbons (Fsp3) is 0.571. The molecule has 5 heteroatoms. The van der Waals surface area contributed by atoms with Crippen molar-refractivity contribution in [3.63, 3.8) is 0 Å². The van der Waals surface area contributed by atoms with Gasteiger partial charge in [-0.05, 0) is 51.3 Å². The standard InChI is InChI=1S/C14H21N3O2/c1-14(2,3)19-13(18)17-12-9-16-7-5-11(12)10-4-6-15-8-10/h5,7,9-10,15H,4,6,8H2,1-3H3,(H,17,18). The van der Waals surface area contributed by atoms with E-state index in [-0.39, 0.29) is 0 Å². The van der Waals surface area contributed by atoms with E-state index in [0.29, 0.717) is 5.92 Å². The summed E-state index contributed by atoms with van der Waals surface area (Å²) in [5.74, 6) is 0.424. The molecule has 0 saturated carbocycles. The van der Waals surface area contributed by atoms with Gasteiger partial charge in [0.05, 0.1) is 11.9 Å². The Hall–Kier alpha value is -1.62. The number of ether oxygens (including phenoxy) is 1. The minimum atomic E-state index is -0.499. The fourth-order valence-electron chi connectivity index (χ4n) is 2.20. The van der Waals surface area contributed by atoms with E-state index in [1.165, 1.54) is 0 Å². The molecular formula is C14H21N3O2. The number of hydrogen-bond acceptors (Lipinski definition) is 4. The molecule has 0 aliphatic carbocycles. The van der Waals surface area contributed by atoms with Gasteiger partial charge in [0.2, 0.25) is 0 Å². The monoisotopic (exact) mass is 263 g/mol. The molecule has 2 rings (SSSR count). The molecule has 0 bridgehead atoms.